The van der Waals surface area contributed by atoms with Gasteiger partial charge in [-0.3, -0.25) is 4.79 Å². The molecule has 1 aliphatic rings. The van der Waals surface area contributed by atoms with Crippen molar-refractivity contribution in [2.24, 2.45) is 11.7 Å². The lowest BCUT2D eigenvalue weighted by Crippen LogP contribution is -2.29. The summed E-state index contributed by atoms with van der Waals surface area (Å²) in [6.45, 7) is -1.23. The highest BCUT2D eigenvalue weighted by Crippen LogP contribution is 2.30. The Morgan fingerprint density at radius 2 is 2.18 bits per heavy atom. The van der Waals surface area contributed by atoms with Crippen molar-refractivity contribution < 1.29 is 23.0 Å². The zero-order chi connectivity index (χ0) is 15.4. The van der Waals surface area contributed by atoms with E-state index in [2.05, 4.69) is 4.74 Å². The van der Waals surface area contributed by atoms with E-state index >= 15 is 0 Å². The summed E-state index contributed by atoms with van der Waals surface area (Å²) >= 11 is 0. The Balaban J connectivity index is 0.00000242. The average Bonchev–Trinajstić information content (AvgIpc) is 2.94. The fraction of sp³-hybridized carbons (Fsp3) is 0.500. The van der Waals surface area contributed by atoms with Crippen molar-refractivity contribution in [3.8, 4) is 11.5 Å². The maximum atomic E-state index is 12.4. The molecule has 1 aromatic rings. The molecule has 0 saturated carbocycles. The van der Waals surface area contributed by atoms with Crippen LogP contribution in [-0.4, -0.2) is 44.2 Å². The van der Waals surface area contributed by atoms with Gasteiger partial charge in [-0.05, 0) is 37.1 Å². The SMILES string of the molecule is COc1ccc(C(=O)N2CCC(CN)C2)cc1OC(F)F.Cl. The van der Waals surface area contributed by atoms with E-state index in [-0.39, 0.29) is 29.8 Å². The third kappa shape index (κ3) is 4.20. The van der Waals surface area contributed by atoms with Gasteiger partial charge in [0.2, 0.25) is 0 Å². The molecule has 124 valence electrons. The average molecular weight is 337 g/mol. The van der Waals surface area contributed by atoms with Crippen molar-refractivity contribution in [3.05, 3.63) is 23.8 Å². The van der Waals surface area contributed by atoms with Gasteiger partial charge in [-0.2, -0.15) is 8.78 Å². The number of nitrogens with zero attached hydrogens (tertiary/aromatic N) is 1. The maximum absolute atomic E-state index is 12.4. The van der Waals surface area contributed by atoms with E-state index in [0.717, 1.165) is 6.42 Å². The molecule has 0 radical (unpaired) electrons. The minimum Gasteiger partial charge on any atom is -0.493 e. The van der Waals surface area contributed by atoms with Gasteiger partial charge in [-0.15, -0.1) is 12.4 Å². The molecule has 1 unspecified atom stereocenters. The van der Waals surface area contributed by atoms with Crippen molar-refractivity contribution in [2.45, 2.75) is 13.0 Å². The van der Waals surface area contributed by atoms with Crippen LogP contribution in [0.5, 0.6) is 11.5 Å². The van der Waals surface area contributed by atoms with Gasteiger partial charge in [0.15, 0.2) is 11.5 Å². The quantitative estimate of drug-likeness (QED) is 0.894. The molecule has 22 heavy (non-hydrogen) atoms. The first-order chi connectivity index (χ1) is 10.0. The molecular weight excluding hydrogens is 318 g/mol. The molecule has 1 saturated heterocycles. The second-order valence-corrected chi connectivity index (χ2v) is 4.89. The number of nitrogens with two attached hydrogens (primary N) is 1. The summed E-state index contributed by atoms with van der Waals surface area (Å²) in [7, 11) is 1.35. The highest BCUT2D eigenvalue weighted by Gasteiger charge is 2.26. The van der Waals surface area contributed by atoms with Gasteiger partial charge in [0.05, 0.1) is 7.11 Å². The topological polar surface area (TPSA) is 64.8 Å². The number of ether oxygens (including phenoxy) is 2. The second-order valence-electron chi connectivity index (χ2n) is 4.89. The monoisotopic (exact) mass is 336 g/mol. The molecule has 0 aromatic heterocycles. The summed E-state index contributed by atoms with van der Waals surface area (Å²) in [6.07, 6.45) is 0.860. The van der Waals surface area contributed by atoms with Crippen LogP contribution in [0.15, 0.2) is 18.2 Å². The molecule has 0 spiro atoms. The number of likely N-dealkylation sites (tertiary alicyclic amines) is 1. The van der Waals surface area contributed by atoms with Crippen molar-refractivity contribution in [1.29, 1.82) is 0 Å². The molecule has 1 heterocycles. The van der Waals surface area contributed by atoms with E-state index in [1.165, 1.54) is 25.3 Å². The standard InChI is InChI=1S/C14H18F2N2O3.ClH/c1-20-11-3-2-10(6-12(11)21-14(15)16)13(19)18-5-4-9(7-17)8-18;/h2-3,6,9,14H,4-5,7-8,17H2,1H3;1H. The zero-order valence-corrected chi connectivity index (χ0v) is 12.9. The van der Waals surface area contributed by atoms with Crippen LogP contribution in [0, 0.1) is 5.92 Å². The van der Waals surface area contributed by atoms with E-state index in [9.17, 15) is 13.6 Å². The highest BCUT2D eigenvalue weighted by atomic mass is 35.5. The van der Waals surface area contributed by atoms with Gasteiger partial charge < -0.3 is 20.1 Å². The lowest BCUT2D eigenvalue weighted by atomic mass is 10.1. The van der Waals surface area contributed by atoms with Crippen LogP contribution >= 0.6 is 12.4 Å². The summed E-state index contributed by atoms with van der Waals surface area (Å²) in [6, 6.07) is 4.26. The van der Waals surface area contributed by atoms with Crippen molar-refractivity contribution in [1.82, 2.24) is 4.90 Å². The van der Waals surface area contributed by atoms with Gasteiger partial charge in [0.25, 0.3) is 5.91 Å². The molecule has 0 bridgehead atoms. The Morgan fingerprint density at radius 1 is 1.45 bits per heavy atom. The number of methoxy groups -OCH3 is 1. The zero-order valence-electron chi connectivity index (χ0n) is 12.1. The molecule has 1 amide bonds. The summed E-state index contributed by atoms with van der Waals surface area (Å²) < 4.78 is 34.1. The van der Waals surface area contributed by atoms with Crippen LogP contribution in [0.2, 0.25) is 0 Å². The molecule has 1 aromatic carbocycles. The van der Waals surface area contributed by atoms with E-state index in [0.29, 0.717) is 31.1 Å². The van der Waals surface area contributed by atoms with Crippen LogP contribution in [0.25, 0.3) is 0 Å². The van der Waals surface area contributed by atoms with E-state index < -0.39 is 6.61 Å². The van der Waals surface area contributed by atoms with Crippen LogP contribution in [0.1, 0.15) is 16.8 Å². The van der Waals surface area contributed by atoms with Gasteiger partial charge in [-0.1, -0.05) is 0 Å². The van der Waals surface area contributed by atoms with Gasteiger partial charge in [-0.25, -0.2) is 0 Å². The number of alkyl halides is 2. The molecule has 1 atom stereocenters. The first kappa shape index (κ1) is 18.4. The van der Waals surface area contributed by atoms with Gasteiger partial charge >= 0.3 is 6.61 Å². The predicted molar refractivity (Wildman–Crippen MR) is 79.9 cm³/mol. The molecule has 0 aliphatic carbocycles. The molecule has 8 heteroatoms. The predicted octanol–water partition coefficient (Wildman–Crippen LogP) is 2.14. The normalized spacial score (nSPS) is 17.3. The van der Waals surface area contributed by atoms with Gasteiger partial charge in [0.1, 0.15) is 0 Å². The second kappa shape index (κ2) is 8.14. The molecule has 2 N–H and O–H groups in total. The summed E-state index contributed by atoms with van der Waals surface area (Å²) in [5, 5.41) is 0. The Bertz CT molecular complexity index is 517. The van der Waals surface area contributed by atoms with Crippen LogP contribution in [-0.2, 0) is 0 Å². The number of carbonyl (C=O) groups excluding carboxylic acids is 1. The fourth-order valence-electron chi connectivity index (χ4n) is 2.39. The molecule has 2 rings (SSSR count). The third-order valence-corrected chi connectivity index (χ3v) is 3.53. The Morgan fingerprint density at radius 3 is 2.73 bits per heavy atom. The Hall–Kier alpha value is -1.60. The van der Waals surface area contributed by atoms with Gasteiger partial charge in [0, 0.05) is 18.7 Å². The lowest BCUT2D eigenvalue weighted by molar-refractivity contribution is -0.0512. The molecule has 1 fully saturated rings. The minimum absolute atomic E-state index is 0. The van der Waals surface area contributed by atoms with Crippen molar-refractivity contribution in [3.63, 3.8) is 0 Å². The first-order valence-corrected chi connectivity index (χ1v) is 6.67. The van der Waals surface area contributed by atoms with E-state index in [1.807, 2.05) is 0 Å². The van der Waals surface area contributed by atoms with Crippen LogP contribution < -0.4 is 15.2 Å². The van der Waals surface area contributed by atoms with E-state index in [4.69, 9.17) is 10.5 Å². The van der Waals surface area contributed by atoms with Crippen LogP contribution in [0.4, 0.5) is 8.78 Å². The van der Waals surface area contributed by atoms with E-state index in [1.54, 1.807) is 4.90 Å². The number of carbonyl (C=O) groups is 1. The molecular formula is C14H19ClF2N2O3. The van der Waals surface area contributed by atoms with Crippen molar-refractivity contribution in [2.75, 3.05) is 26.7 Å². The first-order valence-electron chi connectivity index (χ1n) is 6.67. The van der Waals surface area contributed by atoms with Crippen LogP contribution in [0.3, 0.4) is 0 Å². The molecule has 1 aliphatic heterocycles. The number of halogens is 3. The number of hydrogen-bond donors (Lipinski definition) is 1. The summed E-state index contributed by atoms with van der Waals surface area (Å²) in [5.41, 5.74) is 5.89. The smallest absolute Gasteiger partial charge is 0.387 e. The number of benzene rings is 1. The number of amides is 1. The summed E-state index contributed by atoms with van der Waals surface area (Å²) in [5.74, 6) is 0.0951. The Kier molecular flexibility index (Phi) is 6.83. The lowest BCUT2D eigenvalue weighted by Gasteiger charge is -2.17. The molecule has 5 nitrogen and oxygen atoms in total. The van der Waals surface area contributed by atoms with Crippen molar-refractivity contribution >= 4 is 18.3 Å². The number of rotatable bonds is 5. The fourth-order valence-corrected chi connectivity index (χ4v) is 2.39. The summed E-state index contributed by atoms with van der Waals surface area (Å²) in [4.78, 5) is 14.0. The Labute approximate surface area is 133 Å². The largest absolute Gasteiger partial charge is 0.493 e. The third-order valence-electron chi connectivity index (χ3n) is 3.53. The minimum atomic E-state index is -2.97. The highest BCUT2D eigenvalue weighted by molar-refractivity contribution is 5.95. The maximum Gasteiger partial charge on any atom is 0.387 e. The number of hydrogen-bond acceptors (Lipinski definition) is 4.